The molecular weight excluding hydrogens is 389 g/mol. The van der Waals surface area contributed by atoms with Gasteiger partial charge in [0.2, 0.25) is 0 Å². The van der Waals surface area contributed by atoms with Crippen molar-refractivity contribution >= 4 is 11.6 Å². The standard InChI is InChI=1S/C26H28FN3O/c1-19-17-30(16-15-28-19)18-20-3-13-25(14-4-20)29(2)26(31)23-7-5-21(6-8-23)22-9-11-24(27)12-10-22/h3-14,19,28H,15-18H2,1-2H3/t19-/m0/s1. The first kappa shape index (κ1) is 21.2. The predicted molar refractivity (Wildman–Crippen MR) is 124 cm³/mol. The molecule has 1 atom stereocenters. The van der Waals surface area contributed by atoms with Crippen LogP contribution in [0, 0.1) is 5.82 Å². The van der Waals surface area contributed by atoms with Gasteiger partial charge in [0.15, 0.2) is 0 Å². The van der Waals surface area contributed by atoms with Gasteiger partial charge in [0.05, 0.1) is 0 Å². The number of carbonyl (C=O) groups excluding carboxylic acids is 1. The zero-order chi connectivity index (χ0) is 21.8. The number of amides is 1. The lowest BCUT2D eigenvalue weighted by atomic mass is 10.0. The lowest BCUT2D eigenvalue weighted by Crippen LogP contribution is -2.48. The summed E-state index contributed by atoms with van der Waals surface area (Å²) in [6, 6.07) is 22.5. The Kier molecular flexibility index (Phi) is 6.44. The average Bonchev–Trinajstić information content (AvgIpc) is 2.79. The molecule has 0 unspecified atom stereocenters. The zero-order valence-electron chi connectivity index (χ0n) is 18.0. The Labute approximate surface area is 183 Å². The molecule has 1 N–H and O–H groups in total. The minimum absolute atomic E-state index is 0.0608. The normalized spacial score (nSPS) is 16.8. The molecule has 1 aliphatic heterocycles. The zero-order valence-corrected chi connectivity index (χ0v) is 18.0. The molecule has 5 heteroatoms. The van der Waals surface area contributed by atoms with Gasteiger partial charge in [0, 0.05) is 50.5 Å². The third kappa shape index (κ3) is 5.19. The summed E-state index contributed by atoms with van der Waals surface area (Å²) in [7, 11) is 1.79. The van der Waals surface area contributed by atoms with E-state index in [2.05, 4.69) is 29.3 Å². The van der Waals surface area contributed by atoms with Gasteiger partial charge in [-0.2, -0.15) is 0 Å². The molecule has 1 saturated heterocycles. The van der Waals surface area contributed by atoms with Gasteiger partial charge >= 0.3 is 0 Å². The predicted octanol–water partition coefficient (Wildman–Crippen LogP) is 4.56. The molecule has 1 amide bonds. The molecule has 1 heterocycles. The van der Waals surface area contributed by atoms with E-state index in [0.717, 1.165) is 43.0 Å². The highest BCUT2D eigenvalue weighted by Gasteiger charge is 2.17. The summed E-state index contributed by atoms with van der Waals surface area (Å²) in [5, 5.41) is 3.46. The Balaban J connectivity index is 1.41. The second-order valence-electron chi connectivity index (χ2n) is 8.21. The fourth-order valence-electron chi connectivity index (χ4n) is 4.00. The lowest BCUT2D eigenvalue weighted by molar-refractivity contribution is 0.0993. The molecule has 0 radical (unpaired) electrons. The van der Waals surface area contributed by atoms with E-state index in [0.29, 0.717) is 11.6 Å². The van der Waals surface area contributed by atoms with Crippen molar-refractivity contribution in [3.63, 3.8) is 0 Å². The summed E-state index contributed by atoms with van der Waals surface area (Å²) in [5.74, 6) is -0.319. The Morgan fingerprint density at radius 2 is 1.61 bits per heavy atom. The van der Waals surface area contributed by atoms with Gasteiger partial charge in [0.25, 0.3) is 5.91 Å². The summed E-state index contributed by atoms with van der Waals surface area (Å²) in [6.45, 7) is 6.26. The third-order valence-corrected chi connectivity index (χ3v) is 5.80. The van der Waals surface area contributed by atoms with Gasteiger partial charge in [-0.25, -0.2) is 4.39 Å². The molecule has 1 fully saturated rings. The first-order valence-electron chi connectivity index (χ1n) is 10.7. The van der Waals surface area contributed by atoms with Crippen molar-refractivity contribution in [1.82, 2.24) is 10.2 Å². The van der Waals surface area contributed by atoms with E-state index in [-0.39, 0.29) is 11.7 Å². The maximum absolute atomic E-state index is 13.1. The molecule has 0 aromatic heterocycles. The van der Waals surface area contributed by atoms with Crippen LogP contribution in [-0.2, 0) is 6.54 Å². The number of anilines is 1. The molecule has 0 spiro atoms. The lowest BCUT2D eigenvalue weighted by Gasteiger charge is -2.31. The minimum Gasteiger partial charge on any atom is -0.312 e. The third-order valence-electron chi connectivity index (χ3n) is 5.80. The van der Waals surface area contributed by atoms with Crippen LogP contribution in [0.5, 0.6) is 0 Å². The fourth-order valence-corrected chi connectivity index (χ4v) is 4.00. The number of rotatable bonds is 5. The first-order valence-corrected chi connectivity index (χ1v) is 10.7. The number of nitrogens with one attached hydrogen (secondary N) is 1. The maximum atomic E-state index is 13.1. The molecule has 4 rings (SSSR count). The number of nitrogens with zero attached hydrogens (tertiary/aromatic N) is 2. The summed E-state index contributed by atoms with van der Waals surface area (Å²) in [5.41, 5.74) is 4.61. The van der Waals surface area contributed by atoms with Crippen molar-refractivity contribution in [2.75, 3.05) is 31.6 Å². The molecule has 4 nitrogen and oxygen atoms in total. The van der Waals surface area contributed by atoms with Gasteiger partial charge in [-0.3, -0.25) is 9.69 Å². The van der Waals surface area contributed by atoms with Crippen LogP contribution < -0.4 is 10.2 Å². The molecule has 160 valence electrons. The van der Waals surface area contributed by atoms with Crippen LogP contribution in [0.3, 0.4) is 0 Å². The monoisotopic (exact) mass is 417 g/mol. The first-order chi connectivity index (χ1) is 15.0. The Morgan fingerprint density at radius 1 is 1.00 bits per heavy atom. The van der Waals surface area contributed by atoms with Gasteiger partial charge in [-0.05, 0) is 60.0 Å². The molecule has 31 heavy (non-hydrogen) atoms. The number of benzene rings is 3. The molecule has 0 bridgehead atoms. The highest BCUT2D eigenvalue weighted by atomic mass is 19.1. The van der Waals surface area contributed by atoms with Crippen LogP contribution in [0.25, 0.3) is 11.1 Å². The van der Waals surface area contributed by atoms with Gasteiger partial charge in [-0.15, -0.1) is 0 Å². The number of hydrogen-bond donors (Lipinski definition) is 1. The molecule has 3 aromatic carbocycles. The van der Waals surface area contributed by atoms with E-state index in [4.69, 9.17) is 0 Å². The number of halogens is 1. The van der Waals surface area contributed by atoms with Crippen LogP contribution in [0.4, 0.5) is 10.1 Å². The van der Waals surface area contributed by atoms with Crippen LogP contribution in [0.1, 0.15) is 22.8 Å². The second kappa shape index (κ2) is 9.41. The molecule has 0 aliphatic carbocycles. The fraction of sp³-hybridized carbons (Fsp3) is 0.269. The smallest absolute Gasteiger partial charge is 0.258 e. The minimum atomic E-state index is -0.259. The van der Waals surface area contributed by atoms with Crippen molar-refractivity contribution in [1.29, 1.82) is 0 Å². The van der Waals surface area contributed by atoms with E-state index in [1.165, 1.54) is 17.7 Å². The quantitative estimate of drug-likeness (QED) is 0.661. The molecular formula is C26H28FN3O. The van der Waals surface area contributed by atoms with Gasteiger partial charge in [-0.1, -0.05) is 36.4 Å². The Hall–Kier alpha value is -3.02. The Morgan fingerprint density at radius 3 is 2.23 bits per heavy atom. The van der Waals surface area contributed by atoms with E-state index < -0.39 is 0 Å². The molecule has 1 aliphatic rings. The van der Waals surface area contributed by atoms with Crippen LogP contribution in [-0.4, -0.2) is 43.5 Å². The second-order valence-corrected chi connectivity index (χ2v) is 8.21. The highest BCUT2D eigenvalue weighted by Crippen LogP contribution is 2.22. The van der Waals surface area contributed by atoms with E-state index in [9.17, 15) is 9.18 Å². The SMILES string of the molecule is C[C@H]1CN(Cc2ccc(N(C)C(=O)c3ccc(-c4ccc(F)cc4)cc3)cc2)CCN1. The highest BCUT2D eigenvalue weighted by molar-refractivity contribution is 6.05. The summed E-state index contributed by atoms with van der Waals surface area (Å²) >= 11 is 0. The Bertz CT molecular complexity index is 1020. The van der Waals surface area contributed by atoms with E-state index >= 15 is 0 Å². The largest absolute Gasteiger partial charge is 0.312 e. The van der Waals surface area contributed by atoms with E-state index in [1.54, 1.807) is 24.1 Å². The van der Waals surface area contributed by atoms with Crippen molar-refractivity contribution in [3.05, 3.63) is 89.7 Å². The maximum Gasteiger partial charge on any atom is 0.258 e. The van der Waals surface area contributed by atoms with E-state index in [1.807, 2.05) is 36.4 Å². The van der Waals surface area contributed by atoms with Crippen molar-refractivity contribution < 1.29 is 9.18 Å². The van der Waals surface area contributed by atoms with Crippen molar-refractivity contribution in [2.45, 2.75) is 19.5 Å². The number of piperazine rings is 1. The van der Waals surface area contributed by atoms with Crippen LogP contribution in [0.2, 0.25) is 0 Å². The topological polar surface area (TPSA) is 35.6 Å². The van der Waals surface area contributed by atoms with Gasteiger partial charge in [0.1, 0.15) is 5.82 Å². The molecule has 0 saturated carbocycles. The summed E-state index contributed by atoms with van der Waals surface area (Å²) in [6.07, 6.45) is 0. The molecule has 3 aromatic rings. The average molecular weight is 418 g/mol. The number of carbonyl (C=O) groups is 1. The number of hydrogen-bond acceptors (Lipinski definition) is 3. The van der Waals surface area contributed by atoms with Crippen LogP contribution in [0.15, 0.2) is 72.8 Å². The summed E-state index contributed by atoms with van der Waals surface area (Å²) in [4.78, 5) is 17.1. The van der Waals surface area contributed by atoms with Crippen LogP contribution >= 0.6 is 0 Å². The van der Waals surface area contributed by atoms with Crippen molar-refractivity contribution in [3.8, 4) is 11.1 Å². The summed E-state index contributed by atoms with van der Waals surface area (Å²) < 4.78 is 13.1. The van der Waals surface area contributed by atoms with Crippen molar-refractivity contribution in [2.24, 2.45) is 0 Å². The van der Waals surface area contributed by atoms with Gasteiger partial charge < -0.3 is 10.2 Å².